The normalized spacial score (nSPS) is 25.6. The molecule has 2 fully saturated rings. The molecule has 0 saturated heterocycles. The first-order valence-corrected chi connectivity index (χ1v) is 8.91. The maximum absolute atomic E-state index is 13.3. The molecule has 5 nitrogen and oxygen atoms in total. The number of aromatic nitrogens is 1. The zero-order valence-corrected chi connectivity index (χ0v) is 14.6. The lowest BCUT2D eigenvalue weighted by molar-refractivity contribution is -0.137. The Bertz CT molecular complexity index is 740. The third-order valence-electron chi connectivity index (χ3n) is 5.17. The van der Waals surface area contributed by atoms with Crippen LogP contribution in [0.4, 0.5) is 8.78 Å². The van der Waals surface area contributed by atoms with E-state index in [4.69, 9.17) is 16.7 Å². The number of nitrogens with zero attached hydrogens (tertiary/aromatic N) is 1. The van der Waals surface area contributed by atoms with Crippen LogP contribution >= 0.6 is 11.6 Å². The van der Waals surface area contributed by atoms with Crippen LogP contribution in [0.1, 0.15) is 47.4 Å². The molecule has 0 amide bonds. The molecule has 0 aromatic carbocycles. The molecule has 1 aromatic heterocycles. The number of carbonyl (C=O) groups excluding carboxylic acids is 3. The third kappa shape index (κ3) is 3.42. The number of pyridine rings is 1. The summed E-state index contributed by atoms with van der Waals surface area (Å²) in [6.45, 7) is -0.220. The van der Waals surface area contributed by atoms with Crippen molar-refractivity contribution >= 4 is 29.0 Å². The van der Waals surface area contributed by atoms with Crippen molar-refractivity contribution in [1.29, 1.82) is 0 Å². The molecule has 140 valence electrons. The number of fused-ring (bicyclic) bond motifs is 2. The largest absolute Gasteiger partial charge is 0.396 e. The number of ketones is 3. The molecule has 2 bridgehead atoms. The van der Waals surface area contributed by atoms with Crippen LogP contribution in [0.25, 0.3) is 0 Å². The van der Waals surface area contributed by atoms with E-state index in [-0.39, 0.29) is 54.1 Å². The molecule has 26 heavy (non-hydrogen) atoms. The Balaban J connectivity index is 1.97. The number of hydrogen-bond donors (Lipinski definition) is 1. The van der Waals surface area contributed by atoms with Gasteiger partial charge in [-0.2, -0.15) is 8.78 Å². The molecule has 1 aromatic rings. The monoisotopic (exact) mass is 385 g/mol. The summed E-state index contributed by atoms with van der Waals surface area (Å²) in [5.41, 5.74) is -0.735. The summed E-state index contributed by atoms with van der Waals surface area (Å²) in [7, 11) is 0. The maximum atomic E-state index is 13.3. The number of aryl methyl sites for hydroxylation is 1. The van der Waals surface area contributed by atoms with Crippen molar-refractivity contribution in [2.75, 3.05) is 6.61 Å². The van der Waals surface area contributed by atoms with Gasteiger partial charge in [-0.25, -0.2) is 4.98 Å². The van der Waals surface area contributed by atoms with Gasteiger partial charge in [-0.05, 0) is 55.8 Å². The van der Waals surface area contributed by atoms with E-state index in [0.717, 1.165) is 12.1 Å². The van der Waals surface area contributed by atoms with Crippen LogP contribution in [-0.2, 0) is 21.4 Å². The topological polar surface area (TPSA) is 84.3 Å². The molecule has 2 saturated carbocycles. The van der Waals surface area contributed by atoms with E-state index in [1.54, 1.807) is 0 Å². The van der Waals surface area contributed by atoms with Gasteiger partial charge in [0, 0.05) is 24.0 Å². The summed E-state index contributed by atoms with van der Waals surface area (Å²) in [6.07, 6.45) is 1.95. The fourth-order valence-electron chi connectivity index (χ4n) is 3.84. The maximum Gasteiger partial charge on any atom is 0.364 e. The predicted octanol–water partition coefficient (Wildman–Crippen LogP) is 2.66. The number of aliphatic hydroxyl groups excluding tert-OH is 1. The Morgan fingerprint density at radius 2 is 1.85 bits per heavy atom. The minimum atomic E-state index is -3.70. The lowest BCUT2D eigenvalue weighted by Gasteiger charge is -2.25. The molecule has 0 spiro atoms. The fraction of sp³-hybridized carbons (Fsp3) is 0.556. The highest BCUT2D eigenvalue weighted by molar-refractivity contribution is 6.26. The molecular weight excluding hydrogens is 368 g/mol. The molecule has 3 rings (SSSR count). The molecule has 8 heteroatoms. The van der Waals surface area contributed by atoms with Crippen molar-refractivity contribution in [1.82, 2.24) is 4.98 Å². The summed E-state index contributed by atoms with van der Waals surface area (Å²) >= 11 is 5.00. The number of Topliss-reactive ketones (excluding diaryl/α,β-unsaturated/α-hetero) is 3. The van der Waals surface area contributed by atoms with Gasteiger partial charge < -0.3 is 5.11 Å². The van der Waals surface area contributed by atoms with Gasteiger partial charge in [0.25, 0.3) is 0 Å². The van der Waals surface area contributed by atoms with Crippen molar-refractivity contribution in [2.45, 2.75) is 37.5 Å². The second-order valence-electron chi connectivity index (χ2n) is 6.82. The smallest absolute Gasteiger partial charge is 0.364 e. The van der Waals surface area contributed by atoms with Crippen LogP contribution in [0.5, 0.6) is 0 Å². The molecule has 1 N–H and O–H groups in total. The number of rotatable bonds is 6. The van der Waals surface area contributed by atoms with Gasteiger partial charge >= 0.3 is 5.38 Å². The van der Waals surface area contributed by atoms with Gasteiger partial charge in [0.1, 0.15) is 11.6 Å². The van der Waals surface area contributed by atoms with E-state index in [0.29, 0.717) is 19.3 Å². The molecule has 2 aliphatic carbocycles. The van der Waals surface area contributed by atoms with E-state index < -0.39 is 22.8 Å². The highest BCUT2D eigenvalue weighted by Crippen LogP contribution is 2.41. The lowest BCUT2D eigenvalue weighted by atomic mass is 9.75. The van der Waals surface area contributed by atoms with E-state index in [9.17, 15) is 23.2 Å². The van der Waals surface area contributed by atoms with Crippen molar-refractivity contribution < 1.29 is 28.3 Å². The van der Waals surface area contributed by atoms with Crippen LogP contribution in [0.3, 0.4) is 0 Å². The summed E-state index contributed by atoms with van der Waals surface area (Å²) in [4.78, 5) is 41.7. The first-order valence-electron chi connectivity index (χ1n) is 8.53. The van der Waals surface area contributed by atoms with E-state index in [1.165, 1.54) is 0 Å². The van der Waals surface area contributed by atoms with Crippen molar-refractivity contribution in [3.8, 4) is 0 Å². The summed E-state index contributed by atoms with van der Waals surface area (Å²) in [5.74, 6) is -3.40. The number of aliphatic hydroxyl groups is 1. The Hall–Kier alpha value is -1.73. The summed E-state index contributed by atoms with van der Waals surface area (Å²) < 4.78 is 26.7. The van der Waals surface area contributed by atoms with Crippen LogP contribution in [0.2, 0.25) is 0 Å². The highest BCUT2D eigenvalue weighted by Gasteiger charge is 2.50. The van der Waals surface area contributed by atoms with Crippen LogP contribution in [-0.4, -0.2) is 34.0 Å². The third-order valence-corrected chi connectivity index (χ3v) is 5.36. The Labute approximate surface area is 153 Å². The summed E-state index contributed by atoms with van der Waals surface area (Å²) in [5, 5.41) is 5.30. The molecule has 2 aliphatic rings. The summed E-state index contributed by atoms with van der Waals surface area (Å²) in [6, 6.07) is 2.07. The minimum Gasteiger partial charge on any atom is -0.396 e. The van der Waals surface area contributed by atoms with Gasteiger partial charge in [0.05, 0.1) is 5.69 Å². The molecule has 2 unspecified atom stereocenters. The number of carbonyl (C=O) groups is 3. The average Bonchev–Trinajstić information content (AvgIpc) is 3.04. The predicted molar refractivity (Wildman–Crippen MR) is 88.1 cm³/mol. The zero-order chi connectivity index (χ0) is 19.1. The Morgan fingerprint density at radius 3 is 2.38 bits per heavy atom. The second-order valence-corrected chi connectivity index (χ2v) is 7.30. The Kier molecular flexibility index (Phi) is 5.21. The number of hydrogen-bond acceptors (Lipinski definition) is 5. The average molecular weight is 386 g/mol. The van der Waals surface area contributed by atoms with Gasteiger partial charge in [-0.3, -0.25) is 14.4 Å². The zero-order valence-electron chi connectivity index (χ0n) is 13.9. The molecular formula is C18H18ClF2NO4. The van der Waals surface area contributed by atoms with Gasteiger partial charge in [-0.1, -0.05) is 0 Å². The molecule has 2 atom stereocenters. The first-order chi connectivity index (χ1) is 12.2. The minimum absolute atomic E-state index is 0.0143. The van der Waals surface area contributed by atoms with Gasteiger partial charge in [0.2, 0.25) is 0 Å². The number of halogens is 3. The standard InChI is InChI=1S/C18H18ClF2NO4/c19-18(20,21)13-6-5-11(12(22-13)2-1-7-23)17(26)14-15(24)9-3-4-10(8-9)16(14)25/h5-6,9-10,14,23H,1-4,7-8H2. The highest BCUT2D eigenvalue weighted by atomic mass is 35.5. The second kappa shape index (κ2) is 7.12. The molecule has 0 aliphatic heterocycles. The van der Waals surface area contributed by atoms with E-state index in [2.05, 4.69) is 4.98 Å². The van der Waals surface area contributed by atoms with Gasteiger partial charge in [0.15, 0.2) is 17.3 Å². The van der Waals surface area contributed by atoms with Crippen molar-refractivity contribution in [2.24, 2.45) is 17.8 Å². The van der Waals surface area contributed by atoms with E-state index in [1.807, 2.05) is 0 Å². The SMILES string of the molecule is O=C(c1ccc(C(F)(F)Cl)nc1CCCO)C1C(=O)C2CCC(C2)C1=O. The number of alkyl halides is 3. The van der Waals surface area contributed by atoms with Crippen molar-refractivity contribution in [3.63, 3.8) is 0 Å². The lowest BCUT2D eigenvalue weighted by Crippen LogP contribution is -2.41. The van der Waals surface area contributed by atoms with Gasteiger partial charge in [-0.15, -0.1) is 0 Å². The Morgan fingerprint density at radius 1 is 1.23 bits per heavy atom. The first kappa shape index (κ1) is 19.0. The fourth-order valence-corrected chi connectivity index (χ4v) is 3.95. The van der Waals surface area contributed by atoms with Crippen LogP contribution < -0.4 is 0 Å². The molecule has 0 radical (unpaired) electrons. The quantitative estimate of drug-likeness (QED) is 0.462. The van der Waals surface area contributed by atoms with E-state index >= 15 is 0 Å². The van der Waals surface area contributed by atoms with Crippen LogP contribution in [0, 0.1) is 17.8 Å². The van der Waals surface area contributed by atoms with Crippen LogP contribution in [0.15, 0.2) is 12.1 Å². The van der Waals surface area contributed by atoms with Crippen molar-refractivity contribution in [3.05, 3.63) is 29.1 Å². The molecule has 1 heterocycles.